The highest BCUT2D eigenvalue weighted by atomic mass is 35.5. The van der Waals surface area contributed by atoms with Crippen molar-refractivity contribution in [3.8, 4) is 5.75 Å². The SMILES string of the molecule is CC(C)Oc1ccc(C(O)CNC(=O)CNCC2CC2)cc1.Cl. The Morgan fingerprint density at radius 1 is 1.30 bits per heavy atom. The van der Waals surface area contributed by atoms with E-state index >= 15 is 0 Å². The van der Waals surface area contributed by atoms with Crippen LogP contribution in [0.5, 0.6) is 5.75 Å². The van der Waals surface area contributed by atoms with Gasteiger partial charge in [-0.2, -0.15) is 0 Å². The third-order valence-electron chi connectivity index (χ3n) is 3.54. The molecule has 1 aromatic rings. The quantitative estimate of drug-likeness (QED) is 0.642. The Labute approximate surface area is 144 Å². The maximum Gasteiger partial charge on any atom is 0.234 e. The molecule has 1 saturated carbocycles. The number of hydrogen-bond donors (Lipinski definition) is 3. The molecule has 0 aliphatic heterocycles. The molecule has 0 bridgehead atoms. The van der Waals surface area contributed by atoms with E-state index in [1.807, 2.05) is 38.1 Å². The molecule has 5 nitrogen and oxygen atoms in total. The lowest BCUT2D eigenvalue weighted by molar-refractivity contribution is -0.120. The fourth-order valence-electron chi connectivity index (χ4n) is 2.14. The highest BCUT2D eigenvalue weighted by Gasteiger charge is 2.20. The van der Waals surface area contributed by atoms with Crippen LogP contribution in [-0.4, -0.2) is 36.8 Å². The van der Waals surface area contributed by atoms with Crippen molar-refractivity contribution in [2.45, 2.75) is 38.9 Å². The summed E-state index contributed by atoms with van der Waals surface area (Å²) < 4.78 is 5.56. The zero-order chi connectivity index (χ0) is 15.9. The minimum absolute atomic E-state index is 0. The summed E-state index contributed by atoms with van der Waals surface area (Å²) in [5.74, 6) is 1.45. The first-order valence-corrected chi connectivity index (χ1v) is 7.96. The number of halogens is 1. The number of carbonyl (C=O) groups is 1. The summed E-state index contributed by atoms with van der Waals surface area (Å²) >= 11 is 0. The van der Waals surface area contributed by atoms with Gasteiger partial charge in [0.1, 0.15) is 5.75 Å². The average Bonchev–Trinajstić information content (AvgIpc) is 3.29. The van der Waals surface area contributed by atoms with E-state index in [9.17, 15) is 9.90 Å². The fourth-order valence-corrected chi connectivity index (χ4v) is 2.14. The predicted molar refractivity (Wildman–Crippen MR) is 93.0 cm³/mol. The molecule has 1 aliphatic carbocycles. The zero-order valence-corrected chi connectivity index (χ0v) is 14.6. The zero-order valence-electron chi connectivity index (χ0n) is 13.7. The Bertz CT molecular complexity index is 475. The fraction of sp³-hybridized carbons (Fsp3) is 0.588. The maximum atomic E-state index is 11.7. The van der Waals surface area contributed by atoms with Crippen molar-refractivity contribution in [2.75, 3.05) is 19.6 Å². The van der Waals surface area contributed by atoms with Gasteiger partial charge in [-0.1, -0.05) is 12.1 Å². The molecular formula is C17H27ClN2O3. The Morgan fingerprint density at radius 3 is 2.52 bits per heavy atom. The van der Waals surface area contributed by atoms with Crippen molar-refractivity contribution in [1.29, 1.82) is 0 Å². The second-order valence-corrected chi connectivity index (χ2v) is 6.13. The van der Waals surface area contributed by atoms with Crippen LogP contribution in [0.1, 0.15) is 38.4 Å². The van der Waals surface area contributed by atoms with Crippen LogP contribution < -0.4 is 15.4 Å². The summed E-state index contributed by atoms with van der Waals surface area (Å²) in [4.78, 5) is 11.7. The molecule has 6 heteroatoms. The van der Waals surface area contributed by atoms with Crippen molar-refractivity contribution < 1.29 is 14.6 Å². The predicted octanol–water partition coefficient (Wildman–Crippen LogP) is 2.04. The summed E-state index contributed by atoms with van der Waals surface area (Å²) in [5.41, 5.74) is 0.766. The first-order chi connectivity index (χ1) is 10.5. The van der Waals surface area contributed by atoms with Gasteiger partial charge < -0.3 is 20.5 Å². The smallest absolute Gasteiger partial charge is 0.234 e. The normalized spacial score (nSPS) is 15.0. The van der Waals surface area contributed by atoms with Crippen LogP contribution in [0.2, 0.25) is 0 Å². The molecule has 3 N–H and O–H groups in total. The molecule has 0 radical (unpaired) electrons. The minimum atomic E-state index is -0.708. The Kier molecular flexibility index (Phi) is 8.37. The van der Waals surface area contributed by atoms with Gasteiger partial charge in [-0.05, 0) is 56.8 Å². The highest BCUT2D eigenvalue weighted by molar-refractivity contribution is 5.85. The van der Waals surface area contributed by atoms with E-state index in [0.717, 1.165) is 23.8 Å². The van der Waals surface area contributed by atoms with E-state index in [-0.39, 0.29) is 31.0 Å². The first-order valence-electron chi connectivity index (χ1n) is 7.96. The van der Waals surface area contributed by atoms with Gasteiger partial charge >= 0.3 is 0 Å². The van der Waals surface area contributed by atoms with E-state index in [4.69, 9.17) is 4.74 Å². The van der Waals surface area contributed by atoms with Gasteiger partial charge in [0, 0.05) is 6.54 Å². The van der Waals surface area contributed by atoms with E-state index < -0.39 is 6.10 Å². The van der Waals surface area contributed by atoms with Gasteiger partial charge in [0.25, 0.3) is 0 Å². The van der Waals surface area contributed by atoms with E-state index in [1.54, 1.807) is 0 Å². The van der Waals surface area contributed by atoms with Crippen molar-refractivity contribution >= 4 is 18.3 Å². The van der Waals surface area contributed by atoms with Gasteiger partial charge in [0.15, 0.2) is 0 Å². The molecule has 1 fully saturated rings. The number of aliphatic hydroxyl groups excluding tert-OH is 1. The van der Waals surface area contributed by atoms with Crippen molar-refractivity contribution in [3.63, 3.8) is 0 Å². The largest absolute Gasteiger partial charge is 0.491 e. The number of rotatable bonds is 9. The molecule has 1 unspecified atom stereocenters. The van der Waals surface area contributed by atoms with Crippen LogP contribution >= 0.6 is 12.4 Å². The van der Waals surface area contributed by atoms with Gasteiger partial charge in [-0.3, -0.25) is 4.79 Å². The minimum Gasteiger partial charge on any atom is -0.491 e. The van der Waals surface area contributed by atoms with Crippen molar-refractivity contribution in [3.05, 3.63) is 29.8 Å². The number of aliphatic hydroxyl groups is 1. The molecule has 0 heterocycles. The molecule has 2 rings (SSSR count). The summed E-state index contributed by atoms with van der Waals surface area (Å²) in [6, 6.07) is 7.30. The lowest BCUT2D eigenvalue weighted by Gasteiger charge is -2.14. The van der Waals surface area contributed by atoms with E-state index in [2.05, 4.69) is 10.6 Å². The molecule has 0 aromatic heterocycles. The molecule has 0 spiro atoms. The Balaban J connectivity index is 0.00000264. The first kappa shape index (κ1) is 19.7. The van der Waals surface area contributed by atoms with Crippen molar-refractivity contribution in [1.82, 2.24) is 10.6 Å². The second-order valence-electron chi connectivity index (χ2n) is 6.13. The standard InChI is InChI=1S/C17H26N2O3.ClH/c1-12(2)22-15-7-5-14(6-8-15)16(20)10-19-17(21)11-18-9-13-3-4-13;/h5-8,12-13,16,18,20H,3-4,9-11H2,1-2H3,(H,19,21);1H. The van der Waals surface area contributed by atoms with Crippen molar-refractivity contribution in [2.24, 2.45) is 5.92 Å². The van der Waals surface area contributed by atoms with Gasteiger partial charge in [-0.25, -0.2) is 0 Å². The van der Waals surface area contributed by atoms with Crippen LogP contribution in [0.25, 0.3) is 0 Å². The van der Waals surface area contributed by atoms with E-state index in [1.165, 1.54) is 12.8 Å². The Hall–Kier alpha value is -1.30. The lowest BCUT2D eigenvalue weighted by Crippen LogP contribution is -2.36. The number of carbonyl (C=O) groups excluding carboxylic acids is 1. The van der Waals surface area contributed by atoms with Gasteiger partial charge in [-0.15, -0.1) is 12.4 Å². The molecule has 23 heavy (non-hydrogen) atoms. The monoisotopic (exact) mass is 342 g/mol. The van der Waals surface area contributed by atoms with Crippen LogP contribution in [0, 0.1) is 5.92 Å². The molecular weight excluding hydrogens is 316 g/mol. The van der Waals surface area contributed by atoms with Crippen LogP contribution in [-0.2, 0) is 4.79 Å². The van der Waals surface area contributed by atoms with Gasteiger partial charge in [0.05, 0.1) is 18.8 Å². The number of hydrogen-bond acceptors (Lipinski definition) is 4. The number of benzene rings is 1. The third kappa shape index (κ3) is 7.68. The maximum absolute atomic E-state index is 11.7. The van der Waals surface area contributed by atoms with Crippen LogP contribution in [0.4, 0.5) is 0 Å². The Morgan fingerprint density at radius 2 is 1.96 bits per heavy atom. The summed E-state index contributed by atoms with van der Waals surface area (Å²) in [6.07, 6.45) is 1.95. The summed E-state index contributed by atoms with van der Waals surface area (Å²) in [6.45, 7) is 5.37. The summed E-state index contributed by atoms with van der Waals surface area (Å²) in [7, 11) is 0. The van der Waals surface area contributed by atoms with Crippen LogP contribution in [0.3, 0.4) is 0 Å². The molecule has 1 aromatic carbocycles. The molecule has 1 aliphatic rings. The summed E-state index contributed by atoms with van der Waals surface area (Å²) in [5, 5.41) is 16.0. The van der Waals surface area contributed by atoms with E-state index in [0.29, 0.717) is 6.54 Å². The average molecular weight is 343 g/mol. The molecule has 1 amide bonds. The molecule has 0 saturated heterocycles. The lowest BCUT2D eigenvalue weighted by atomic mass is 10.1. The van der Waals surface area contributed by atoms with Gasteiger partial charge in [0.2, 0.25) is 5.91 Å². The number of amides is 1. The topological polar surface area (TPSA) is 70.6 Å². The second kappa shape index (κ2) is 9.75. The number of nitrogens with one attached hydrogen (secondary N) is 2. The number of ether oxygens (including phenoxy) is 1. The van der Waals surface area contributed by atoms with Crippen LogP contribution in [0.15, 0.2) is 24.3 Å². The third-order valence-corrected chi connectivity index (χ3v) is 3.54. The molecule has 1 atom stereocenters. The highest BCUT2D eigenvalue weighted by Crippen LogP contribution is 2.27. The molecule has 130 valence electrons.